The maximum absolute atomic E-state index is 12.3. The minimum atomic E-state index is -0.757. The van der Waals surface area contributed by atoms with Crippen molar-refractivity contribution in [2.45, 2.75) is 63.5 Å². The summed E-state index contributed by atoms with van der Waals surface area (Å²) in [5, 5.41) is 12.2. The number of aliphatic carboxylic acids is 1. The minimum Gasteiger partial charge on any atom is -0.481 e. The molecule has 0 radical (unpaired) electrons. The summed E-state index contributed by atoms with van der Waals surface area (Å²) >= 11 is 0. The first-order chi connectivity index (χ1) is 10.2. The summed E-state index contributed by atoms with van der Waals surface area (Å²) in [6.45, 7) is 0.665. The van der Waals surface area contributed by atoms with Crippen LogP contribution in [0.1, 0.15) is 51.4 Å². The Hall–Kier alpha value is -1.52. The average molecular weight is 292 g/mol. The van der Waals surface area contributed by atoms with Crippen molar-refractivity contribution in [3.05, 3.63) is 11.6 Å². The van der Waals surface area contributed by atoms with Gasteiger partial charge >= 0.3 is 12.0 Å². The molecule has 3 rings (SSSR count). The Labute approximate surface area is 125 Å². The van der Waals surface area contributed by atoms with Crippen LogP contribution < -0.4 is 5.32 Å². The van der Waals surface area contributed by atoms with E-state index in [0.717, 1.165) is 25.7 Å². The third kappa shape index (κ3) is 2.92. The van der Waals surface area contributed by atoms with E-state index >= 15 is 0 Å². The number of nitrogens with zero attached hydrogens (tertiary/aromatic N) is 1. The van der Waals surface area contributed by atoms with Gasteiger partial charge in [0.05, 0.1) is 5.92 Å². The maximum Gasteiger partial charge on any atom is 0.317 e. The molecule has 0 spiro atoms. The van der Waals surface area contributed by atoms with Crippen molar-refractivity contribution in [1.82, 2.24) is 10.2 Å². The van der Waals surface area contributed by atoms with Crippen LogP contribution in [-0.2, 0) is 4.79 Å². The van der Waals surface area contributed by atoms with E-state index in [4.69, 9.17) is 0 Å². The van der Waals surface area contributed by atoms with Crippen molar-refractivity contribution < 1.29 is 14.7 Å². The highest BCUT2D eigenvalue weighted by molar-refractivity contribution is 5.79. The Morgan fingerprint density at radius 1 is 1.33 bits per heavy atom. The van der Waals surface area contributed by atoms with Crippen molar-refractivity contribution in [3.63, 3.8) is 0 Å². The number of amides is 2. The van der Waals surface area contributed by atoms with Gasteiger partial charge < -0.3 is 15.3 Å². The highest BCUT2D eigenvalue weighted by Gasteiger charge is 2.51. The first kappa shape index (κ1) is 14.4. The van der Waals surface area contributed by atoms with Crippen LogP contribution in [0.5, 0.6) is 0 Å². The number of allylic oxidation sites excluding steroid dienone is 1. The number of hydrogen-bond acceptors (Lipinski definition) is 2. The van der Waals surface area contributed by atoms with Crippen LogP contribution in [0.3, 0.4) is 0 Å². The lowest BCUT2D eigenvalue weighted by molar-refractivity contribution is -0.142. The van der Waals surface area contributed by atoms with E-state index in [0.29, 0.717) is 13.0 Å². The molecule has 5 nitrogen and oxygen atoms in total. The van der Waals surface area contributed by atoms with Crippen molar-refractivity contribution >= 4 is 12.0 Å². The van der Waals surface area contributed by atoms with Crippen molar-refractivity contribution in [2.24, 2.45) is 5.92 Å². The van der Waals surface area contributed by atoms with Gasteiger partial charge in [-0.15, -0.1) is 0 Å². The fourth-order valence-corrected chi connectivity index (χ4v) is 4.12. The Bertz CT molecular complexity index is 460. The van der Waals surface area contributed by atoms with E-state index in [-0.39, 0.29) is 24.0 Å². The smallest absolute Gasteiger partial charge is 0.317 e. The van der Waals surface area contributed by atoms with Crippen LogP contribution in [-0.4, -0.2) is 40.6 Å². The molecule has 21 heavy (non-hydrogen) atoms. The zero-order valence-electron chi connectivity index (χ0n) is 12.4. The van der Waals surface area contributed by atoms with E-state index in [9.17, 15) is 14.7 Å². The summed E-state index contributed by atoms with van der Waals surface area (Å²) in [7, 11) is 0. The van der Waals surface area contributed by atoms with E-state index in [1.54, 1.807) is 4.90 Å². The first-order valence-electron chi connectivity index (χ1n) is 8.13. The number of carbonyl (C=O) groups excluding carboxylic acids is 1. The van der Waals surface area contributed by atoms with Gasteiger partial charge in [-0.25, -0.2) is 4.79 Å². The standard InChI is InChI=1S/C16H24N2O3/c19-15(20)13-10-12-6-7-14(13)18(12)16(21)17-9-8-11-4-2-1-3-5-11/h4,12-14H,1-3,5-10H2,(H,17,21)(H,19,20). The number of hydrogen-bond donors (Lipinski definition) is 2. The monoisotopic (exact) mass is 292 g/mol. The summed E-state index contributed by atoms with van der Waals surface area (Å²) in [5.41, 5.74) is 1.45. The van der Waals surface area contributed by atoms with Gasteiger partial charge in [0.2, 0.25) is 0 Å². The second-order valence-corrected chi connectivity index (χ2v) is 6.48. The third-order valence-electron chi connectivity index (χ3n) is 5.20. The van der Waals surface area contributed by atoms with E-state index in [1.165, 1.54) is 24.8 Å². The van der Waals surface area contributed by atoms with Gasteiger partial charge in [-0.2, -0.15) is 0 Å². The molecule has 1 aliphatic carbocycles. The molecule has 3 unspecified atom stereocenters. The lowest BCUT2D eigenvalue weighted by atomic mass is 9.89. The second-order valence-electron chi connectivity index (χ2n) is 6.48. The highest BCUT2D eigenvalue weighted by Crippen LogP contribution is 2.41. The predicted molar refractivity (Wildman–Crippen MR) is 79.0 cm³/mol. The lowest BCUT2D eigenvalue weighted by Gasteiger charge is -2.23. The Kier molecular flexibility index (Phi) is 4.17. The Balaban J connectivity index is 1.50. The molecule has 0 aromatic carbocycles. The summed E-state index contributed by atoms with van der Waals surface area (Å²) in [6, 6.07) is -0.0333. The van der Waals surface area contributed by atoms with Crippen LogP contribution >= 0.6 is 0 Å². The van der Waals surface area contributed by atoms with E-state index in [2.05, 4.69) is 11.4 Å². The summed E-state index contributed by atoms with van der Waals surface area (Å²) < 4.78 is 0. The van der Waals surface area contributed by atoms with Gasteiger partial charge in [-0.3, -0.25) is 4.79 Å². The molecule has 2 saturated heterocycles. The van der Waals surface area contributed by atoms with Gasteiger partial charge in [0.25, 0.3) is 0 Å². The maximum atomic E-state index is 12.3. The molecule has 2 amide bonds. The molecular formula is C16H24N2O3. The lowest BCUT2D eigenvalue weighted by Crippen LogP contribution is -2.44. The normalized spacial score (nSPS) is 31.1. The van der Waals surface area contributed by atoms with Gasteiger partial charge in [0.15, 0.2) is 0 Å². The zero-order chi connectivity index (χ0) is 14.8. The summed E-state index contributed by atoms with van der Waals surface area (Å²) in [4.78, 5) is 25.3. The van der Waals surface area contributed by atoms with Crippen molar-refractivity contribution in [3.8, 4) is 0 Å². The SMILES string of the molecule is O=C(O)C1CC2CCC1N2C(=O)NCCC1=CCCCC1. The Morgan fingerprint density at radius 3 is 2.86 bits per heavy atom. The topological polar surface area (TPSA) is 69.6 Å². The number of carboxylic acids is 1. The molecule has 116 valence electrons. The fraction of sp³-hybridized carbons (Fsp3) is 0.750. The summed E-state index contributed by atoms with van der Waals surface area (Å²) in [6.07, 6.45) is 10.5. The molecule has 5 heteroatoms. The van der Waals surface area contributed by atoms with Crippen molar-refractivity contribution in [1.29, 1.82) is 0 Å². The number of nitrogens with one attached hydrogen (secondary N) is 1. The third-order valence-corrected chi connectivity index (χ3v) is 5.20. The van der Waals surface area contributed by atoms with E-state index in [1.807, 2.05) is 0 Å². The van der Waals surface area contributed by atoms with Gasteiger partial charge in [0, 0.05) is 18.6 Å². The largest absolute Gasteiger partial charge is 0.481 e. The molecule has 2 bridgehead atoms. The molecule has 2 fully saturated rings. The quantitative estimate of drug-likeness (QED) is 0.782. The second kappa shape index (κ2) is 6.08. The molecule has 0 aromatic heterocycles. The number of rotatable bonds is 4. The summed E-state index contributed by atoms with van der Waals surface area (Å²) in [5.74, 6) is -1.12. The van der Waals surface area contributed by atoms with Crippen LogP contribution in [0, 0.1) is 5.92 Å². The van der Waals surface area contributed by atoms with Crippen molar-refractivity contribution in [2.75, 3.05) is 6.54 Å². The first-order valence-corrected chi connectivity index (χ1v) is 8.13. The number of carbonyl (C=O) groups is 2. The number of urea groups is 1. The molecular weight excluding hydrogens is 268 g/mol. The molecule has 3 aliphatic rings. The van der Waals surface area contributed by atoms with Crippen LogP contribution in [0.25, 0.3) is 0 Å². The molecule has 2 aliphatic heterocycles. The molecule has 2 heterocycles. The minimum absolute atomic E-state index is 0.0670. The Morgan fingerprint density at radius 2 is 2.19 bits per heavy atom. The molecule has 3 atom stereocenters. The fourth-order valence-electron chi connectivity index (χ4n) is 4.12. The van der Waals surface area contributed by atoms with Gasteiger partial charge in [-0.1, -0.05) is 11.6 Å². The van der Waals surface area contributed by atoms with Gasteiger partial charge in [0.1, 0.15) is 0 Å². The molecule has 0 aromatic rings. The molecule has 0 saturated carbocycles. The predicted octanol–water partition coefficient (Wildman–Crippen LogP) is 2.52. The van der Waals surface area contributed by atoms with Crippen LogP contribution in [0.2, 0.25) is 0 Å². The number of fused-ring (bicyclic) bond motifs is 2. The molecule has 2 N–H and O–H groups in total. The van der Waals surface area contributed by atoms with Crippen LogP contribution in [0.15, 0.2) is 11.6 Å². The highest BCUT2D eigenvalue weighted by atomic mass is 16.4. The van der Waals surface area contributed by atoms with Crippen LogP contribution in [0.4, 0.5) is 4.79 Å². The van der Waals surface area contributed by atoms with Gasteiger partial charge in [-0.05, 0) is 51.4 Å². The number of carboxylic acid groups (broad SMARTS) is 1. The average Bonchev–Trinajstić information content (AvgIpc) is 3.06. The zero-order valence-corrected chi connectivity index (χ0v) is 12.4. The van der Waals surface area contributed by atoms with E-state index < -0.39 is 5.97 Å².